The van der Waals surface area contributed by atoms with Gasteiger partial charge >= 0.3 is 18.1 Å². The summed E-state index contributed by atoms with van der Waals surface area (Å²) in [5.74, 6) is -5.04. The van der Waals surface area contributed by atoms with E-state index in [0.717, 1.165) is 19.3 Å². The Morgan fingerprint density at radius 3 is 2.29 bits per heavy atom. The summed E-state index contributed by atoms with van der Waals surface area (Å²) in [5, 5.41) is 62.7. The molecule has 0 bridgehead atoms. The van der Waals surface area contributed by atoms with Crippen molar-refractivity contribution in [3.8, 4) is 0 Å². The van der Waals surface area contributed by atoms with Gasteiger partial charge in [-0.15, -0.1) is 0 Å². The molecule has 0 aromatic rings. The third-order valence-electron chi connectivity index (χ3n) is 9.22. The number of carboxylic acid groups (broad SMARTS) is 1. The summed E-state index contributed by atoms with van der Waals surface area (Å²) in [6.45, 7) is 3.59. The summed E-state index contributed by atoms with van der Waals surface area (Å²) in [6.07, 6.45) is -15.3. The lowest BCUT2D eigenvalue weighted by Gasteiger charge is -2.43. The summed E-state index contributed by atoms with van der Waals surface area (Å²) >= 11 is 0. The summed E-state index contributed by atoms with van der Waals surface area (Å²) in [7, 11) is 0. The quantitative estimate of drug-likeness (QED) is 0.115. The lowest BCUT2D eigenvalue weighted by molar-refractivity contribution is -0.308. The predicted octanol–water partition coefficient (Wildman–Crippen LogP) is 2.36. The Hall–Kier alpha value is -2.25. The molecule has 6 unspecified atom stereocenters. The van der Waals surface area contributed by atoms with Crippen LogP contribution in [0.25, 0.3) is 0 Å². The van der Waals surface area contributed by atoms with Gasteiger partial charge in [0.25, 0.3) is 0 Å². The second-order valence-corrected chi connectivity index (χ2v) is 12.8. The van der Waals surface area contributed by atoms with E-state index >= 15 is 0 Å². The number of aliphatic hydroxyl groups excluding tert-OH is 5. The minimum Gasteiger partial charge on any atom is -0.506 e. The number of ether oxygens (including phenoxy) is 5. The average molecular weight is 702 g/mol. The van der Waals surface area contributed by atoms with Crippen molar-refractivity contribution in [2.24, 2.45) is 11.8 Å². The van der Waals surface area contributed by atoms with Crippen LogP contribution in [0.1, 0.15) is 85.0 Å². The van der Waals surface area contributed by atoms with Gasteiger partial charge in [0.2, 0.25) is 12.6 Å². The summed E-state index contributed by atoms with van der Waals surface area (Å²) in [4.78, 5) is 24.6. The second kappa shape index (κ2) is 18.1. The van der Waals surface area contributed by atoms with Crippen LogP contribution in [-0.4, -0.2) is 117 Å². The van der Waals surface area contributed by atoms with Crippen LogP contribution < -0.4 is 5.32 Å². The van der Waals surface area contributed by atoms with Gasteiger partial charge in [-0.2, -0.15) is 13.2 Å². The fourth-order valence-corrected chi connectivity index (χ4v) is 6.40. The van der Waals surface area contributed by atoms with E-state index in [2.05, 4.69) is 0 Å². The fraction of sp³-hybridized carbons (Fsp3) is 0.871. The Kier molecular flexibility index (Phi) is 15.2. The highest BCUT2D eigenvalue weighted by molar-refractivity contribution is 5.82. The van der Waals surface area contributed by atoms with Gasteiger partial charge in [0.05, 0.1) is 24.9 Å². The van der Waals surface area contributed by atoms with Crippen molar-refractivity contribution in [1.29, 1.82) is 0 Å². The molecule has 3 aliphatic rings. The zero-order valence-electron chi connectivity index (χ0n) is 27.4. The Bertz CT molecular complexity index is 1070. The van der Waals surface area contributed by atoms with Crippen LogP contribution in [0.3, 0.4) is 0 Å². The first-order chi connectivity index (χ1) is 22.6. The van der Waals surface area contributed by atoms with Crippen LogP contribution in [0.4, 0.5) is 13.2 Å². The van der Waals surface area contributed by atoms with E-state index in [9.17, 15) is 53.4 Å². The number of alkyl halides is 3. The topological polar surface area (TPSA) is 214 Å². The second-order valence-electron chi connectivity index (χ2n) is 12.8. The number of hydrogen-bond acceptors (Lipinski definition) is 12. The average Bonchev–Trinajstić information content (AvgIpc) is 3.03. The van der Waals surface area contributed by atoms with Crippen LogP contribution in [0.5, 0.6) is 0 Å². The summed E-state index contributed by atoms with van der Waals surface area (Å²) in [5.41, 5.74) is 0. The number of carbonyl (C=O) groups excluding carboxylic acids is 1. The van der Waals surface area contributed by atoms with E-state index in [4.69, 9.17) is 23.7 Å². The van der Waals surface area contributed by atoms with E-state index in [1.165, 1.54) is 13.8 Å². The third kappa shape index (κ3) is 10.9. The number of aliphatic carboxylic acids is 1. The van der Waals surface area contributed by atoms with Crippen molar-refractivity contribution < 1.29 is 77.1 Å². The van der Waals surface area contributed by atoms with E-state index in [1.807, 2.05) is 6.92 Å². The predicted molar refractivity (Wildman–Crippen MR) is 159 cm³/mol. The van der Waals surface area contributed by atoms with E-state index in [1.54, 1.807) is 5.32 Å². The molecule has 0 aromatic heterocycles. The number of carbonyl (C=O) groups is 2. The number of aliphatic hydroxyl groups is 5. The molecule has 0 radical (unpaired) electrons. The molecule has 7 N–H and O–H groups in total. The van der Waals surface area contributed by atoms with Gasteiger partial charge in [-0.3, -0.25) is 4.79 Å². The van der Waals surface area contributed by atoms with Gasteiger partial charge in [0.1, 0.15) is 24.1 Å². The normalized spacial score (nSPS) is 30.5. The maximum Gasteiger partial charge on any atom is 0.471 e. The highest BCUT2D eigenvalue weighted by atomic mass is 19.4. The van der Waals surface area contributed by atoms with Crippen molar-refractivity contribution in [1.82, 2.24) is 5.32 Å². The monoisotopic (exact) mass is 701 g/mol. The highest BCUT2D eigenvalue weighted by Gasteiger charge is 2.47. The zero-order valence-corrected chi connectivity index (χ0v) is 27.4. The molecule has 1 aliphatic heterocycles. The molecule has 17 heteroatoms. The van der Waals surface area contributed by atoms with E-state index < -0.39 is 92.0 Å². The first-order valence-electron chi connectivity index (χ1n) is 16.5. The highest BCUT2D eigenvalue weighted by Crippen LogP contribution is 2.36. The first-order valence-corrected chi connectivity index (χ1v) is 16.5. The molecule has 278 valence electrons. The van der Waals surface area contributed by atoms with Gasteiger partial charge in [-0.1, -0.05) is 51.9 Å². The molecule has 0 saturated heterocycles. The van der Waals surface area contributed by atoms with Gasteiger partial charge in [-0.25, -0.2) is 4.79 Å². The maximum atomic E-state index is 13.6. The van der Waals surface area contributed by atoms with Gasteiger partial charge in [0.15, 0.2) is 18.1 Å². The molecule has 14 nitrogen and oxygen atoms in total. The number of carboxylic acids is 1. The van der Waals surface area contributed by atoms with Crippen molar-refractivity contribution >= 4 is 11.9 Å². The van der Waals surface area contributed by atoms with Crippen LogP contribution in [0, 0.1) is 11.8 Å². The van der Waals surface area contributed by atoms with Crippen molar-refractivity contribution in [2.45, 2.75) is 153 Å². The van der Waals surface area contributed by atoms with Crippen molar-refractivity contribution in [3.05, 3.63) is 11.5 Å². The van der Waals surface area contributed by atoms with Crippen LogP contribution in [0.2, 0.25) is 0 Å². The Labute approximate surface area is 277 Å². The first kappa shape index (κ1) is 40.2. The minimum atomic E-state index is -5.41. The molecule has 11 atom stereocenters. The minimum absolute atomic E-state index is 0.0632. The van der Waals surface area contributed by atoms with Crippen LogP contribution in [0.15, 0.2) is 11.5 Å². The molecule has 2 fully saturated rings. The van der Waals surface area contributed by atoms with Gasteiger partial charge < -0.3 is 59.6 Å². The van der Waals surface area contributed by atoms with Gasteiger partial charge in [0, 0.05) is 0 Å². The molecule has 1 amide bonds. The van der Waals surface area contributed by atoms with E-state index in [-0.39, 0.29) is 30.4 Å². The molecular formula is C31H50F3NO13. The molecule has 0 aromatic carbocycles. The molecule has 0 spiro atoms. The van der Waals surface area contributed by atoms with Crippen LogP contribution >= 0.6 is 0 Å². The SMILES string of the molecule is CCC1CCC[C@@H](O[C@H](OC(CO)[C@@H](C)O)C(NC(=O)C(F)(F)F)O[C@@H](CC2CCCCC2)C(=O)O)C1OC1OC(C)=C(O)C(O)[C@@H]1O. The number of amides is 1. The fourth-order valence-electron chi connectivity index (χ4n) is 6.40. The zero-order chi connectivity index (χ0) is 35.8. The smallest absolute Gasteiger partial charge is 0.471 e. The van der Waals surface area contributed by atoms with Crippen LogP contribution in [-0.2, 0) is 33.3 Å². The lowest BCUT2D eigenvalue weighted by Crippen LogP contribution is -2.57. The number of rotatable bonds is 16. The number of halogens is 3. The standard InChI is InChI=1S/C31H50F3NO13/c1-4-18-11-8-12-19(25(18)48-28-24(40)23(39)22(38)16(3)44-28)46-29(47-21(14-36)15(2)37)26(35-30(43)31(32,33)34)45-20(27(41)42)13-17-9-6-5-7-10-17/h15,17-21,23-26,28-29,36-40H,4-14H2,1-3H3,(H,35,43)(H,41,42)/t15-,18?,19-,20+,21?,23?,24+,25?,26?,28?,29-/m1/s1. The lowest BCUT2D eigenvalue weighted by atomic mass is 9.82. The molecule has 3 rings (SSSR count). The maximum absolute atomic E-state index is 13.6. The largest absolute Gasteiger partial charge is 0.506 e. The number of allylic oxidation sites excluding steroid dienone is 1. The van der Waals surface area contributed by atoms with E-state index in [0.29, 0.717) is 32.1 Å². The summed E-state index contributed by atoms with van der Waals surface area (Å²) < 4.78 is 69.9. The number of nitrogens with one attached hydrogen (secondary N) is 1. The Morgan fingerprint density at radius 1 is 1.06 bits per heavy atom. The number of hydrogen-bond donors (Lipinski definition) is 7. The molecule has 2 aliphatic carbocycles. The Morgan fingerprint density at radius 2 is 1.73 bits per heavy atom. The molecular weight excluding hydrogens is 651 g/mol. The third-order valence-corrected chi connectivity index (χ3v) is 9.22. The molecule has 2 saturated carbocycles. The molecule has 48 heavy (non-hydrogen) atoms. The summed E-state index contributed by atoms with van der Waals surface area (Å²) in [6, 6.07) is 0. The van der Waals surface area contributed by atoms with Gasteiger partial charge in [-0.05, 0) is 44.9 Å². The molecule has 1 heterocycles. The Balaban J connectivity index is 1.99. The van der Waals surface area contributed by atoms with Crippen molar-refractivity contribution in [3.63, 3.8) is 0 Å². The van der Waals surface area contributed by atoms with Crippen molar-refractivity contribution in [2.75, 3.05) is 6.61 Å².